The maximum atomic E-state index is 12.1. The summed E-state index contributed by atoms with van der Waals surface area (Å²) in [5.41, 5.74) is 1.91. The Morgan fingerprint density at radius 2 is 2.29 bits per heavy atom. The summed E-state index contributed by atoms with van der Waals surface area (Å²) in [7, 11) is 0. The Labute approximate surface area is 123 Å². The number of amides is 1. The van der Waals surface area contributed by atoms with E-state index in [1.165, 1.54) is 0 Å². The molecular weight excluding hydrogens is 270 g/mol. The Hall–Kier alpha value is -1.88. The molecule has 1 unspecified atom stereocenters. The molecule has 21 heavy (non-hydrogen) atoms. The number of carbonyl (C=O) groups excluding carboxylic acids is 1. The van der Waals surface area contributed by atoms with Crippen LogP contribution in [0.25, 0.3) is 0 Å². The quantitative estimate of drug-likeness (QED) is 0.902. The van der Waals surface area contributed by atoms with Crippen LogP contribution in [0.15, 0.2) is 18.2 Å². The molecule has 1 atom stereocenters. The average Bonchev–Trinajstić information content (AvgIpc) is 3.06. The van der Waals surface area contributed by atoms with Gasteiger partial charge in [0, 0.05) is 18.8 Å². The molecule has 0 aromatic heterocycles. The molecule has 1 fully saturated rings. The highest BCUT2D eigenvalue weighted by Crippen LogP contribution is 2.30. The number of carbonyl (C=O) groups is 2. The second-order valence-corrected chi connectivity index (χ2v) is 5.65. The Kier molecular flexibility index (Phi) is 3.92. The lowest BCUT2D eigenvalue weighted by Crippen LogP contribution is -2.28. The Morgan fingerprint density at radius 1 is 1.43 bits per heavy atom. The third-order valence-corrected chi connectivity index (χ3v) is 4.19. The number of benzene rings is 1. The molecule has 2 heterocycles. The number of carboxylic acid groups (broad SMARTS) is 1. The number of aromatic carboxylic acids is 1. The fourth-order valence-electron chi connectivity index (χ4n) is 3.11. The number of hydrogen-bond acceptors (Lipinski definition) is 3. The predicted octanol–water partition coefficient (Wildman–Crippen LogP) is 2.23. The summed E-state index contributed by atoms with van der Waals surface area (Å²) in [6, 6.07) is 4.91. The number of ether oxygens (including phenoxy) is 1. The molecule has 1 aromatic rings. The maximum Gasteiger partial charge on any atom is 0.335 e. The fourth-order valence-corrected chi connectivity index (χ4v) is 3.11. The second-order valence-electron chi connectivity index (χ2n) is 5.65. The lowest BCUT2D eigenvalue weighted by atomic mass is 10.1. The SMILES string of the molecule is O=C(O)c1ccc2c(c1)CC(=O)N2CCCC1CCCO1. The first-order valence-corrected chi connectivity index (χ1v) is 7.43. The van der Waals surface area contributed by atoms with Gasteiger partial charge in [-0.15, -0.1) is 0 Å². The summed E-state index contributed by atoms with van der Waals surface area (Å²) in [6.45, 7) is 1.53. The number of fused-ring (bicyclic) bond motifs is 1. The standard InChI is InChI=1S/C16H19NO4/c18-15-10-12-9-11(16(19)20)5-6-14(12)17(15)7-1-3-13-4-2-8-21-13/h5-6,9,13H,1-4,7-8,10H2,(H,19,20). The van der Waals surface area contributed by atoms with E-state index in [-0.39, 0.29) is 11.5 Å². The van der Waals surface area contributed by atoms with E-state index in [1.807, 2.05) is 0 Å². The summed E-state index contributed by atoms with van der Waals surface area (Å²) < 4.78 is 5.59. The minimum atomic E-state index is -0.956. The number of hydrogen-bond donors (Lipinski definition) is 1. The normalized spacial score (nSPS) is 20.9. The van der Waals surface area contributed by atoms with Gasteiger partial charge in [-0.25, -0.2) is 4.79 Å². The van der Waals surface area contributed by atoms with Crippen molar-refractivity contribution in [3.63, 3.8) is 0 Å². The van der Waals surface area contributed by atoms with Crippen molar-refractivity contribution in [2.45, 2.75) is 38.2 Å². The zero-order valence-corrected chi connectivity index (χ0v) is 11.9. The molecule has 1 saturated heterocycles. The van der Waals surface area contributed by atoms with Crippen molar-refractivity contribution in [3.8, 4) is 0 Å². The molecule has 2 aliphatic heterocycles. The van der Waals surface area contributed by atoms with Gasteiger partial charge in [-0.05, 0) is 49.4 Å². The molecule has 2 aliphatic rings. The summed E-state index contributed by atoms with van der Waals surface area (Å²) in [4.78, 5) is 24.8. The van der Waals surface area contributed by atoms with Crippen LogP contribution in [0.3, 0.4) is 0 Å². The van der Waals surface area contributed by atoms with Crippen LogP contribution in [0.1, 0.15) is 41.6 Å². The fraction of sp³-hybridized carbons (Fsp3) is 0.500. The van der Waals surface area contributed by atoms with Gasteiger partial charge in [0.15, 0.2) is 0 Å². The van der Waals surface area contributed by atoms with Crippen LogP contribution < -0.4 is 4.90 Å². The van der Waals surface area contributed by atoms with Crippen LogP contribution in [0.5, 0.6) is 0 Å². The van der Waals surface area contributed by atoms with Gasteiger partial charge in [-0.3, -0.25) is 4.79 Å². The minimum Gasteiger partial charge on any atom is -0.478 e. The Balaban J connectivity index is 1.64. The Morgan fingerprint density at radius 3 is 3.00 bits per heavy atom. The molecule has 0 radical (unpaired) electrons. The molecular formula is C16H19NO4. The molecule has 0 bridgehead atoms. The van der Waals surface area contributed by atoms with Gasteiger partial charge >= 0.3 is 5.97 Å². The van der Waals surface area contributed by atoms with E-state index >= 15 is 0 Å². The van der Waals surface area contributed by atoms with E-state index in [1.54, 1.807) is 23.1 Å². The van der Waals surface area contributed by atoms with E-state index in [0.717, 1.165) is 43.5 Å². The van der Waals surface area contributed by atoms with Crippen LogP contribution in [0.2, 0.25) is 0 Å². The van der Waals surface area contributed by atoms with Crippen molar-refractivity contribution < 1.29 is 19.4 Å². The van der Waals surface area contributed by atoms with E-state index in [4.69, 9.17) is 9.84 Å². The van der Waals surface area contributed by atoms with Gasteiger partial charge in [-0.2, -0.15) is 0 Å². The summed E-state index contributed by atoms with van der Waals surface area (Å²) >= 11 is 0. The van der Waals surface area contributed by atoms with E-state index in [0.29, 0.717) is 19.1 Å². The van der Waals surface area contributed by atoms with E-state index < -0.39 is 5.97 Å². The van der Waals surface area contributed by atoms with Gasteiger partial charge in [-0.1, -0.05) is 0 Å². The smallest absolute Gasteiger partial charge is 0.335 e. The van der Waals surface area contributed by atoms with Crippen molar-refractivity contribution in [2.75, 3.05) is 18.1 Å². The van der Waals surface area contributed by atoms with Gasteiger partial charge in [0.2, 0.25) is 5.91 Å². The zero-order chi connectivity index (χ0) is 14.8. The lowest BCUT2D eigenvalue weighted by Gasteiger charge is -2.18. The van der Waals surface area contributed by atoms with Crippen LogP contribution in [-0.4, -0.2) is 36.2 Å². The van der Waals surface area contributed by atoms with Crippen molar-refractivity contribution in [3.05, 3.63) is 29.3 Å². The van der Waals surface area contributed by atoms with Gasteiger partial charge < -0.3 is 14.7 Å². The van der Waals surface area contributed by atoms with Crippen LogP contribution >= 0.6 is 0 Å². The molecule has 5 heteroatoms. The number of rotatable bonds is 5. The predicted molar refractivity (Wildman–Crippen MR) is 77.7 cm³/mol. The van der Waals surface area contributed by atoms with Gasteiger partial charge in [0.1, 0.15) is 0 Å². The van der Waals surface area contributed by atoms with Crippen LogP contribution in [0.4, 0.5) is 5.69 Å². The molecule has 0 saturated carbocycles. The Bertz CT molecular complexity index is 563. The highest BCUT2D eigenvalue weighted by Gasteiger charge is 2.28. The molecule has 1 N–H and O–H groups in total. The van der Waals surface area contributed by atoms with Gasteiger partial charge in [0.05, 0.1) is 18.1 Å². The molecule has 5 nitrogen and oxygen atoms in total. The minimum absolute atomic E-state index is 0.0554. The van der Waals surface area contributed by atoms with Crippen LogP contribution in [0, 0.1) is 0 Å². The second kappa shape index (κ2) is 5.85. The molecule has 1 aromatic carbocycles. The van der Waals surface area contributed by atoms with Crippen molar-refractivity contribution in [2.24, 2.45) is 0 Å². The largest absolute Gasteiger partial charge is 0.478 e. The maximum absolute atomic E-state index is 12.1. The highest BCUT2D eigenvalue weighted by molar-refractivity contribution is 6.02. The monoisotopic (exact) mass is 289 g/mol. The molecule has 112 valence electrons. The van der Waals surface area contributed by atoms with Crippen molar-refractivity contribution in [1.29, 1.82) is 0 Å². The number of carboxylic acids is 1. The first-order chi connectivity index (χ1) is 10.1. The van der Waals surface area contributed by atoms with Gasteiger partial charge in [0.25, 0.3) is 0 Å². The van der Waals surface area contributed by atoms with Crippen LogP contribution in [-0.2, 0) is 16.0 Å². The topological polar surface area (TPSA) is 66.8 Å². The average molecular weight is 289 g/mol. The first-order valence-electron chi connectivity index (χ1n) is 7.43. The number of nitrogens with zero attached hydrogens (tertiary/aromatic N) is 1. The summed E-state index contributed by atoms with van der Waals surface area (Å²) in [5, 5.41) is 9.00. The third-order valence-electron chi connectivity index (χ3n) is 4.19. The summed E-state index contributed by atoms with van der Waals surface area (Å²) in [6.07, 6.45) is 4.79. The molecule has 3 rings (SSSR count). The molecule has 0 spiro atoms. The number of anilines is 1. The zero-order valence-electron chi connectivity index (χ0n) is 11.9. The molecule has 0 aliphatic carbocycles. The van der Waals surface area contributed by atoms with E-state index in [9.17, 15) is 9.59 Å². The highest BCUT2D eigenvalue weighted by atomic mass is 16.5. The first kappa shape index (κ1) is 14.1. The molecule has 1 amide bonds. The lowest BCUT2D eigenvalue weighted by molar-refractivity contribution is -0.117. The van der Waals surface area contributed by atoms with Crippen molar-refractivity contribution in [1.82, 2.24) is 0 Å². The third kappa shape index (κ3) is 2.93. The summed E-state index contributed by atoms with van der Waals surface area (Å²) in [5.74, 6) is -0.901. The van der Waals surface area contributed by atoms with E-state index in [2.05, 4.69) is 0 Å². The van der Waals surface area contributed by atoms with Crippen molar-refractivity contribution >= 4 is 17.6 Å².